The SMILES string of the molecule is CC1CCCC(C2C[C@@H](O)c3cc(F)ccc3O2)C1. The summed E-state index contributed by atoms with van der Waals surface area (Å²) in [6, 6.07) is 4.43. The van der Waals surface area contributed by atoms with Gasteiger partial charge in [-0.25, -0.2) is 4.39 Å². The van der Waals surface area contributed by atoms with E-state index >= 15 is 0 Å². The van der Waals surface area contributed by atoms with Gasteiger partial charge in [-0.3, -0.25) is 0 Å². The Labute approximate surface area is 113 Å². The number of hydrogen-bond donors (Lipinski definition) is 1. The van der Waals surface area contributed by atoms with Crippen LogP contribution in [0.3, 0.4) is 0 Å². The number of rotatable bonds is 1. The standard InChI is InChI=1S/C16H21FO2/c1-10-3-2-4-11(7-10)16-9-14(18)13-8-12(17)5-6-15(13)19-16/h5-6,8,10-11,14,16,18H,2-4,7,9H2,1H3/t10?,11?,14-,16?/m1/s1. The molecule has 19 heavy (non-hydrogen) atoms. The van der Waals surface area contributed by atoms with Crippen molar-refractivity contribution in [1.29, 1.82) is 0 Å². The van der Waals surface area contributed by atoms with Crippen molar-refractivity contribution in [3.05, 3.63) is 29.6 Å². The van der Waals surface area contributed by atoms with E-state index in [0.29, 0.717) is 23.7 Å². The lowest BCUT2D eigenvalue weighted by molar-refractivity contribution is 0.0169. The number of aliphatic hydroxyl groups is 1. The molecule has 1 fully saturated rings. The van der Waals surface area contributed by atoms with Crippen molar-refractivity contribution in [2.75, 3.05) is 0 Å². The van der Waals surface area contributed by atoms with Crippen molar-refractivity contribution in [3.63, 3.8) is 0 Å². The van der Waals surface area contributed by atoms with Gasteiger partial charge in [0.2, 0.25) is 0 Å². The van der Waals surface area contributed by atoms with Crippen LogP contribution >= 0.6 is 0 Å². The van der Waals surface area contributed by atoms with Crippen LogP contribution in [0, 0.1) is 17.7 Å². The van der Waals surface area contributed by atoms with Crippen LogP contribution in [-0.2, 0) is 0 Å². The second-order valence-electron chi connectivity index (χ2n) is 6.12. The molecule has 2 aliphatic rings. The third-order valence-corrected chi connectivity index (χ3v) is 4.57. The molecule has 1 aliphatic carbocycles. The second kappa shape index (κ2) is 5.12. The van der Waals surface area contributed by atoms with E-state index in [4.69, 9.17) is 4.74 Å². The molecule has 2 nitrogen and oxygen atoms in total. The van der Waals surface area contributed by atoms with Crippen molar-refractivity contribution in [3.8, 4) is 5.75 Å². The van der Waals surface area contributed by atoms with Crippen LogP contribution in [0.4, 0.5) is 4.39 Å². The molecule has 0 amide bonds. The highest BCUT2D eigenvalue weighted by atomic mass is 19.1. The first-order valence-corrected chi connectivity index (χ1v) is 7.27. The van der Waals surface area contributed by atoms with Crippen LogP contribution in [0.5, 0.6) is 5.75 Å². The normalized spacial score (nSPS) is 34.5. The van der Waals surface area contributed by atoms with Gasteiger partial charge in [-0.15, -0.1) is 0 Å². The van der Waals surface area contributed by atoms with Crippen molar-refractivity contribution in [2.24, 2.45) is 11.8 Å². The second-order valence-corrected chi connectivity index (χ2v) is 6.12. The summed E-state index contributed by atoms with van der Waals surface area (Å²) in [5, 5.41) is 10.2. The average molecular weight is 264 g/mol. The monoisotopic (exact) mass is 264 g/mol. The molecule has 1 saturated carbocycles. The maximum absolute atomic E-state index is 13.2. The maximum atomic E-state index is 13.2. The third-order valence-electron chi connectivity index (χ3n) is 4.57. The Balaban J connectivity index is 1.79. The fourth-order valence-electron chi connectivity index (χ4n) is 3.55. The summed E-state index contributed by atoms with van der Waals surface area (Å²) in [5.41, 5.74) is 0.597. The topological polar surface area (TPSA) is 29.5 Å². The van der Waals surface area contributed by atoms with Crippen LogP contribution in [0.15, 0.2) is 18.2 Å². The zero-order chi connectivity index (χ0) is 13.4. The molecule has 4 atom stereocenters. The Hall–Kier alpha value is -1.09. The Bertz CT molecular complexity index is 460. The number of halogens is 1. The molecule has 1 aliphatic heterocycles. The predicted molar refractivity (Wildman–Crippen MR) is 71.5 cm³/mol. The van der Waals surface area contributed by atoms with Gasteiger partial charge in [0.15, 0.2) is 0 Å². The fraction of sp³-hybridized carbons (Fsp3) is 0.625. The predicted octanol–water partition coefficient (Wildman–Crippen LogP) is 3.84. The van der Waals surface area contributed by atoms with E-state index in [1.165, 1.54) is 37.8 Å². The van der Waals surface area contributed by atoms with Gasteiger partial charge in [-0.05, 0) is 42.9 Å². The van der Waals surface area contributed by atoms with E-state index in [2.05, 4.69) is 6.92 Å². The molecular formula is C16H21FO2. The molecule has 1 N–H and O–H groups in total. The van der Waals surface area contributed by atoms with Gasteiger partial charge in [0, 0.05) is 12.0 Å². The molecule has 0 saturated heterocycles. The van der Waals surface area contributed by atoms with Gasteiger partial charge < -0.3 is 9.84 Å². The van der Waals surface area contributed by atoms with Gasteiger partial charge in [0.1, 0.15) is 17.7 Å². The summed E-state index contributed by atoms with van der Waals surface area (Å²) in [7, 11) is 0. The summed E-state index contributed by atoms with van der Waals surface area (Å²) in [6.07, 6.45) is 4.98. The van der Waals surface area contributed by atoms with Crippen LogP contribution in [0.2, 0.25) is 0 Å². The van der Waals surface area contributed by atoms with E-state index < -0.39 is 6.10 Å². The van der Waals surface area contributed by atoms with Crippen LogP contribution in [0.1, 0.15) is 50.7 Å². The summed E-state index contributed by atoms with van der Waals surface area (Å²) in [6.45, 7) is 2.29. The fourth-order valence-corrected chi connectivity index (χ4v) is 3.55. The first kappa shape index (κ1) is 12.9. The Morgan fingerprint density at radius 1 is 1.26 bits per heavy atom. The number of hydrogen-bond acceptors (Lipinski definition) is 2. The first-order chi connectivity index (χ1) is 9.13. The lowest BCUT2D eigenvalue weighted by Crippen LogP contribution is -2.35. The molecule has 0 spiro atoms. The Kier molecular flexibility index (Phi) is 3.48. The van der Waals surface area contributed by atoms with E-state index in [9.17, 15) is 9.50 Å². The summed E-state index contributed by atoms with van der Waals surface area (Å²) in [5.74, 6) is 1.61. The molecule has 1 heterocycles. The highest BCUT2D eigenvalue weighted by Crippen LogP contribution is 2.41. The molecule has 3 heteroatoms. The maximum Gasteiger partial charge on any atom is 0.125 e. The third kappa shape index (κ3) is 2.62. The van der Waals surface area contributed by atoms with Gasteiger partial charge in [-0.1, -0.05) is 19.8 Å². The van der Waals surface area contributed by atoms with Crippen LogP contribution in [0.25, 0.3) is 0 Å². The van der Waals surface area contributed by atoms with Gasteiger partial charge in [-0.2, -0.15) is 0 Å². The van der Waals surface area contributed by atoms with Crippen molar-refractivity contribution in [1.82, 2.24) is 0 Å². The van der Waals surface area contributed by atoms with Crippen molar-refractivity contribution >= 4 is 0 Å². The molecule has 104 valence electrons. The van der Waals surface area contributed by atoms with Crippen molar-refractivity contribution in [2.45, 2.75) is 51.2 Å². The minimum atomic E-state index is -0.596. The Morgan fingerprint density at radius 2 is 2.11 bits per heavy atom. The zero-order valence-electron chi connectivity index (χ0n) is 11.3. The largest absolute Gasteiger partial charge is 0.490 e. The molecule has 1 aromatic carbocycles. The van der Waals surface area contributed by atoms with Crippen LogP contribution in [-0.4, -0.2) is 11.2 Å². The lowest BCUT2D eigenvalue weighted by Gasteiger charge is -2.37. The minimum absolute atomic E-state index is 0.0794. The number of ether oxygens (including phenoxy) is 1. The molecule has 0 bridgehead atoms. The Morgan fingerprint density at radius 3 is 2.89 bits per heavy atom. The molecule has 0 aromatic heterocycles. The highest BCUT2D eigenvalue weighted by molar-refractivity contribution is 5.37. The van der Waals surface area contributed by atoms with E-state index in [1.807, 2.05) is 0 Å². The lowest BCUT2D eigenvalue weighted by atomic mass is 9.77. The van der Waals surface area contributed by atoms with Gasteiger partial charge in [0.05, 0.1) is 6.10 Å². The zero-order valence-corrected chi connectivity index (χ0v) is 11.3. The summed E-state index contributed by atoms with van der Waals surface area (Å²) in [4.78, 5) is 0. The van der Waals surface area contributed by atoms with Gasteiger partial charge >= 0.3 is 0 Å². The van der Waals surface area contributed by atoms with E-state index in [-0.39, 0.29) is 11.9 Å². The number of benzene rings is 1. The number of fused-ring (bicyclic) bond motifs is 1. The smallest absolute Gasteiger partial charge is 0.125 e. The molecular weight excluding hydrogens is 243 g/mol. The highest BCUT2D eigenvalue weighted by Gasteiger charge is 2.34. The summed E-state index contributed by atoms with van der Waals surface area (Å²) >= 11 is 0. The van der Waals surface area contributed by atoms with Crippen molar-refractivity contribution < 1.29 is 14.2 Å². The van der Waals surface area contributed by atoms with Gasteiger partial charge in [0.25, 0.3) is 0 Å². The molecule has 3 unspecified atom stereocenters. The van der Waals surface area contributed by atoms with E-state index in [0.717, 1.165) is 5.92 Å². The molecule has 3 rings (SSSR count). The molecule has 1 aromatic rings. The van der Waals surface area contributed by atoms with E-state index in [1.54, 1.807) is 6.07 Å². The number of aliphatic hydroxyl groups excluding tert-OH is 1. The first-order valence-electron chi connectivity index (χ1n) is 7.27. The minimum Gasteiger partial charge on any atom is -0.490 e. The summed E-state index contributed by atoms with van der Waals surface area (Å²) < 4.78 is 19.2. The molecule has 0 radical (unpaired) electrons. The van der Waals surface area contributed by atoms with Crippen LogP contribution < -0.4 is 4.74 Å². The quantitative estimate of drug-likeness (QED) is 0.835. The average Bonchev–Trinajstić information content (AvgIpc) is 2.39.